The first-order chi connectivity index (χ1) is 14.9. The maximum Gasteiger partial charge on any atom is 0.278 e. The number of hydrogen-bond acceptors (Lipinski definition) is 5. The molecule has 7 nitrogen and oxygen atoms in total. The van der Waals surface area contributed by atoms with Crippen LogP contribution in [0.5, 0.6) is 5.75 Å². The van der Waals surface area contributed by atoms with Crippen LogP contribution in [0.4, 0.5) is 5.69 Å². The standard InChI is InChI=1S/C24H23N3O4/c1-4-21-24(30)26(14-20(28)17-8-6-5-7-9-17)19-13-18(10-11-22(19)31-21)23(29)27-16(3)12-15(2)25-27/h5-13,21H,4,14H2,1-3H3/t21-/m0/s1. The summed E-state index contributed by atoms with van der Waals surface area (Å²) in [5, 5.41) is 4.25. The highest BCUT2D eigenvalue weighted by atomic mass is 16.5. The van der Waals surface area contributed by atoms with E-state index >= 15 is 0 Å². The number of ketones is 1. The molecule has 0 N–H and O–H groups in total. The molecule has 4 rings (SSSR count). The van der Waals surface area contributed by atoms with Gasteiger partial charge in [0.2, 0.25) is 0 Å². The Morgan fingerprint density at radius 1 is 1.03 bits per heavy atom. The molecule has 0 fully saturated rings. The lowest BCUT2D eigenvalue weighted by atomic mass is 10.1. The number of carbonyl (C=O) groups is 3. The minimum atomic E-state index is -0.673. The number of aryl methyl sites for hydroxylation is 2. The van der Waals surface area contributed by atoms with Crippen LogP contribution in [-0.2, 0) is 4.79 Å². The van der Waals surface area contributed by atoms with Crippen molar-refractivity contribution >= 4 is 23.3 Å². The third-order valence-corrected chi connectivity index (χ3v) is 5.28. The van der Waals surface area contributed by atoms with Crippen LogP contribution in [-0.4, -0.2) is 40.0 Å². The number of rotatable bonds is 5. The number of anilines is 1. The number of hydrogen-bond donors (Lipinski definition) is 0. The van der Waals surface area contributed by atoms with Crippen molar-refractivity contribution < 1.29 is 19.1 Å². The maximum absolute atomic E-state index is 13.0. The summed E-state index contributed by atoms with van der Waals surface area (Å²) in [5.41, 5.74) is 2.74. The largest absolute Gasteiger partial charge is 0.478 e. The molecule has 0 unspecified atom stereocenters. The van der Waals surface area contributed by atoms with Crippen LogP contribution in [0.3, 0.4) is 0 Å². The van der Waals surface area contributed by atoms with Crippen LogP contribution in [0, 0.1) is 13.8 Å². The van der Waals surface area contributed by atoms with E-state index in [1.165, 1.54) is 9.58 Å². The minimum absolute atomic E-state index is 0.132. The van der Waals surface area contributed by atoms with Crippen molar-refractivity contribution in [2.75, 3.05) is 11.4 Å². The van der Waals surface area contributed by atoms with Gasteiger partial charge < -0.3 is 4.74 Å². The van der Waals surface area contributed by atoms with Crippen molar-refractivity contribution in [2.24, 2.45) is 0 Å². The Kier molecular flexibility index (Phi) is 5.42. The number of benzene rings is 2. The number of ether oxygens (including phenoxy) is 1. The Morgan fingerprint density at radius 2 is 1.77 bits per heavy atom. The SMILES string of the molecule is CC[C@@H]1Oc2ccc(C(=O)n3nc(C)cc3C)cc2N(CC(=O)c2ccccc2)C1=O. The lowest BCUT2D eigenvalue weighted by Crippen LogP contribution is -2.47. The molecule has 0 aliphatic carbocycles. The Labute approximate surface area is 180 Å². The topological polar surface area (TPSA) is 81.5 Å². The van der Waals surface area contributed by atoms with Gasteiger partial charge >= 0.3 is 0 Å². The Hall–Kier alpha value is -3.74. The third-order valence-electron chi connectivity index (χ3n) is 5.28. The third kappa shape index (κ3) is 3.86. The van der Waals surface area contributed by atoms with E-state index in [0.717, 1.165) is 11.4 Å². The monoisotopic (exact) mass is 417 g/mol. The van der Waals surface area contributed by atoms with Crippen LogP contribution in [0.15, 0.2) is 54.6 Å². The van der Waals surface area contributed by atoms with Gasteiger partial charge in [0, 0.05) is 16.8 Å². The van der Waals surface area contributed by atoms with Crippen LogP contribution in [0.25, 0.3) is 0 Å². The first-order valence-electron chi connectivity index (χ1n) is 10.2. The van der Waals surface area contributed by atoms with E-state index in [2.05, 4.69) is 5.10 Å². The number of nitrogens with zero attached hydrogens (tertiary/aromatic N) is 3. The molecule has 31 heavy (non-hydrogen) atoms. The molecule has 7 heteroatoms. The minimum Gasteiger partial charge on any atom is -0.478 e. The first kappa shape index (κ1) is 20.5. The van der Waals surface area contributed by atoms with Gasteiger partial charge in [0.25, 0.3) is 11.8 Å². The smallest absolute Gasteiger partial charge is 0.278 e. The maximum atomic E-state index is 13.0. The van der Waals surface area contributed by atoms with E-state index in [4.69, 9.17) is 4.74 Å². The van der Waals surface area contributed by atoms with Crippen LogP contribution < -0.4 is 9.64 Å². The second kappa shape index (κ2) is 8.18. The van der Waals surface area contributed by atoms with Crippen molar-refractivity contribution in [3.8, 4) is 5.75 Å². The van der Waals surface area contributed by atoms with Gasteiger partial charge in [-0.25, -0.2) is 4.68 Å². The summed E-state index contributed by atoms with van der Waals surface area (Å²) in [6.07, 6.45) is -0.200. The summed E-state index contributed by atoms with van der Waals surface area (Å²) in [5.74, 6) is -0.327. The summed E-state index contributed by atoms with van der Waals surface area (Å²) >= 11 is 0. The molecule has 1 atom stereocenters. The van der Waals surface area contributed by atoms with Crippen molar-refractivity contribution in [1.29, 1.82) is 0 Å². The van der Waals surface area contributed by atoms with Crippen LogP contribution in [0.2, 0.25) is 0 Å². The fourth-order valence-electron chi connectivity index (χ4n) is 3.69. The summed E-state index contributed by atoms with van der Waals surface area (Å²) in [6.45, 7) is 5.34. The van der Waals surface area contributed by atoms with Crippen molar-refractivity contribution in [3.63, 3.8) is 0 Å². The highest BCUT2D eigenvalue weighted by molar-refractivity contribution is 6.09. The molecule has 0 saturated carbocycles. The normalized spacial score (nSPS) is 15.4. The second-order valence-electron chi connectivity index (χ2n) is 7.55. The van der Waals surface area contributed by atoms with Gasteiger partial charge in [0.05, 0.1) is 17.9 Å². The summed E-state index contributed by atoms with van der Waals surface area (Å²) in [6, 6.07) is 15.6. The first-order valence-corrected chi connectivity index (χ1v) is 10.2. The predicted octanol–water partition coefficient (Wildman–Crippen LogP) is 3.58. The Balaban J connectivity index is 1.72. The summed E-state index contributed by atoms with van der Waals surface area (Å²) in [7, 11) is 0. The number of fused-ring (bicyclic) bond motifs is 1. The number of amides is 1. The van der Waals surface area contributed by atoms with Crippen molar-refractivity contribution in [2.45, 2.75) is 33.3 Å². The average Bonchev–Trinajstić information content (AvgIpc) is 3.12. The van der Waals surface area contributed by atoms with E-state index in [-0.39, 0.29) is 24.1 Å². The zero-order chi connectivity index (χ0) is 22.1. The van der Waals surface area contributed by atoms with E-state index in [0.29, 0.717) is 29.0 Å². The molecule has 3 aromatic rings. The number of carbonyl (C=O) groups excluding carboxylic acids is 3. The van der Waals surface area contributed by atoms with Gasteiger partial charge in [0.15, 0.2) is 11.9 Å². The molecule has 1 aromatic heterocycles. The van der Waals surface area contributed by atoms with E-state index in [1.54, 1.807) is 49.4 Å². The van der Waals surface area contributed by atoms with Gasteiger partial charge in [-0.05, 0) is 44.5 Å². The zero-order valence-corrected chi connectivity index (χ0v) is 17.7. The molecule has 158 valence electrons. The molecule has 1 amide bonds. The average molecular weight is 417 g/mol. The quantitative estimate of drug-likeness (QED) is 0.593. The molecule has 0 saturated heterocycles. The van der Waals surface area contributed by atoms with Gasteiger partial charge in [-0.3, -0.25) is 19.3 Å². The highest BCUT2D eigenvalue weighted by Gasteiger charge is 2.35. The van der Waals surface area contributed by atoms with E-state index < -0.39 is 6.10 Å². The summed E-state index contributed by atoms with van der Waals surface area (Å²) in [4.78, 5) is 40.3. The van der Waals surface area contributed by atoms with Gasteiger partial charge in [-0.2, -0.15) is 5.10 Å². The molecule has 2 aromatic carbocycles. The fraction of sp³-hybridized carbons (Fsp3) is 0.250. The van der Waals surface area contributed by atoms with Gasteiger partial charge in [-0.1, -0.05) is 37.3 Å². The fourth-order valence-corrected chi connectivity index (χ4v) is 3.69. The Bertz CT molecular complexity index is 1170. The van der Waals surface area contributed by atoms with E-state index in [9.17, 15) is 14.4 Å². The van der Waals surface area contributed by atoms with Gasteiger partial charge in [-0.15, -0.1) is 0 Å². The van der Waals surface area contributed by atoms with Gasteiger partial charge in [0.1, 0.15) is 5.75 Å². The van der Waals surface area contributed by atoms with Crippen LogP contribution >= 0.6 is 0 Å². The molecule has 0 spiro atoms. The van der Waals surface area contributed by atoms with Crippen LogP contribution in [0.1, 0.15) is 45.4 Å². The number of Topliss-reactive ketones (excluding diaryl/α,β-unsaturated/α-hetero) is 1. The molecular weight excluding hydrogens is 394 g/mol. The van der Waals surface area contributed by atoms with Crippen molar-refractivity contribution in [3.05, 3.63) is 77.1 Å². The lowest BCUT2D eigenvalue weighted by Gasteiger charge is -2.34. The number of aromatic nitrogens is 2. The molecule has 0 bridgehead atoms. The molecule has 1 aliphatic rings. The second-order valence-corrected chi connectivity index (χ2v) is 7.55. The zero-order valence-electron chi connectivity index (χ0n) is 17.7. The van der Waals surface area contributed by atoms with E-state index in [1.807, 2.05) is 26.0 Å². The predicted molar refractivity (Wildman–Crippen MR) is 116 cm³/mol. The lowest BCUT2D eigenvalue weighted by molar-refractivity contribution is -0.126. The molecular formula is C24H23N3O4. The molecule has 0 radical (unpaired) electrons. The molecule has 1 aliphatic heterocycles. The summed E-state index contributed by atoms with van der Waals surface area (Å²) < 4.78 is 7.17. The Morgan fingerprint density at radius 3 is 2.42 bits per heavy atom. The molecule has 2 heterocycles. The van der Waals surface area contributed by atoms with Crippen molar-refractivity contribution in [1.82, 2.24) is 9.78 Å². The highest BCUT2D eigenvalue weighted by Crippen LogP contribution is 2.36.